The Kier molecular flexibility index (Phi) is 4.02. The minimum Gasteiger partial charge on any atom is -0.490 e. The molecule has 0 aromatic heterocycles. The summed E-state index contributed by atoms with van der Waals surface area (Å²) in [6, 6.07) is 5.38. The average molecular weight is 299 g/mol. The van der Waals surface area contributed by atoms with Gasteiger partial charge < -0.3 is 15.2 Å². The Bertz CT molecular complexity index is 417. The molecular formula is C12H15BrN2O2. The van der Waals surface area contributed by atoms with Crippen molar-refractivity contribution in [2.24, 2.45) is 5.73 Å². The van der Waals surface area contributed by atoms with E-state index in [4.69, 9.17) is 20.6 Å². The lowest BCUT2D eigenvalue weighted by Gasteiger charge is -2.13. The maximum atomic E-state index is 7.34. The lowest BCUT2D eigenvalue weighted by molar-refractivity contribution is 0.0677. The van der Waals surface area contributed by atoms with Gasteiger partial charge in [-0.2, -0.15) is 0 Å². The maximum absolute atomic E-state index is 7.34. The second kappa shape index (κ2) is 5.51. The van der Waals surface area contributed by atoms with E-state index in [2.05, 4.69) is 15.9 Å². The fourth-order valence-corrected chi connectivity index (χ4v) is 2.24. The van der Waals surface area contributed by atoms with Crippen LogP contribution in [0.15, 0.2) is 22.7 Å². The van der Waals surface area contributed by atoms with Crippen LogP contribution in [0.1, 0.15) is 18.4 Å². The van der Waals surface area contributed by atoms with Gasteiger partial charge in [-0.1, -0.05) is 0 Å². The topological polar surface area (TPSA) is 68.3 Å². The Hall–Kier alpha value is -1.07. The minimum atomic E-state index is 0.0522. The van der Waals surface area contributed by atoms with Crippen LogP contribution < -0.4 is 10.5 Å². The monoisotopic (exact) mass is 298 g/mol. The van der Waals surface area contributed by atoms with Crippen molar-refractivity contribution in [1.82, 2.24) is 0 Å². The number of nitrogen functional groups attached to an aromatic ring is 1. The third kappa shape index (κ3) is 3.20. The SMILES string of the molecule is N=C(N)c1ccc(OCC2CCCO2)c(Br)c1. The highest BCUT2D eigenvalue weighted by Crippen LogP contribution is 2.26. The Labute approximate surface area is 109 Å². The van der Waals surface area contributed by atoms with Gasteiger partial charge >= 0.3 is 0 Å². The summed E-state index contributed by atoms with van der Waals surface area (Å²) in [5.41, 5.74) is 6.09. The van der Waals surface area contributed by atoms with E-state index >= 15 is 0 Å². The van der Waals surface area contributed by atoms with Crippen LogP contribution in [-0.4, -0.2) is 25.2 Å². The molecule has 0 saturated carbocycles. The summed E-state index contributed by atoms with van der Waals surface area (Å²) in [6.07, 6.45) is 2.37. The second-order valence-corrected chi connectivity index (χ2v) is 4.86. The summed E-state index contributed by atoms with van der Waals surface area (Å²) >= 11 is 3.41. The molecule has 0 aliphatic carbocycles. The Morgan fingerprint density at radius 1 is 1.59 bits per heavy atom. The van der Waals surface area contributed by atoms with Crippen molar-refractivity contribution in [3.8, 4) is 5.75 Å². The van der Waals surface area contributed by atoms with Gasteiger partial charge in [-0.15, -0.1) is 0 Å². The van der Waals surface area contributed by atoms with Crippen LogP contribution in [-0.2, 0) is 4.74 Å². The highest BCUT2D eigenvalue weighted by molar-refractivity contribution is 9.10. The van der Waals surface area contributed by atoms with Crippen molar-refractivity contribution in [3.05, 3.63) is 28.2 Å². The fraction of sp³-hybridized carbons (Fsp3) is 0.417. The van der Waals surface area contributed by atoms with Gasteiger partial charge in [0.1, 0.15) is 18.2 Å². The molecule has 3 N–H and O–H groups in total. The number of amidine groups is 1. The predicted octanol–water partition coefficient (Wildman–Crippen LogP) is 2.29. The van der Waals surface area contributed by atoms with Crippen molar-refractivity contribution >= 4 is 21.8 Å². The molecule has 0 radical (unpaired) electrons. The molecule has 1 aromatic rings. The molecule has 0 amide bonds. The lowest BCUT2D eigenvalue weighted by Crippen LogP contribution is -2.16. The van der Waals surface area contributed by atoms with Crippen LogP contribution in [0, 0.1) is 5.41 Å². The summed E-state index contributed by atoms with van der Waals surface area (Å²) < 4.78 is 12.0. The van der Waals surface area contributed by atoms with Gasteiger partial charge in [0.05, 0.1) is 10.6 Å². The van der Waals surface area contributed by atoms with Gasteiger partial charge in [0, 0.05) is 12.2 Å². The molecule has 1 aliphatic heterocycles. The highest BCUT2D eigenvalue weighted by Gasteiger charge is 2.16. The Balaban J connectivity index is 1.98. The Morgan fingerprint density at radius 3 is 3.00 bits per heavy atom. The van der Waals surface area contributed by atoms with E-state index < -0.39 is 0 Å². The van der Waals surface area contributed by atoms with Crippen molar-refractivity contribution in [2.45, 2.75) is 18.9 Å². The highest BCUT2D eigenvalue weighted by atomic mass is 79.9. The van der Waals surface area contributed by atoms with E-state index in [-0.39, 0.29) is 11.9 Å². The predicted molar refractivity (Wildman–Crippen MR) is 69.6 cm³/mol. The zero-order valence-electron chi connectivity index (χ0n) is 9.41. The third-order valence-corrected chi connectivity index (χ3v) is 3.31. The fourth-order valence-electron chi connectivity index (χ4n) is 1.74. The van der Waals surface area contributed by atoms with E-state index in [1.807, 2.05) is 6.07 Å². The smallest absolute Gasteiger partial charge is 0.133 e. The van der Waals surface area contributed by atoms with Crippen molar-refractivity contribution < 1.29 is 9.47 Å². The van der Waals surface area contributed by atoms with Gasteiger partial charge in [0.2, 0.25) is 0 Å². The van der Waals surface area contributed by atoms with E-state index in [1.165, 1.54) is 0 Å². The number of hydrogen-bond acceptors (Lipinski definition) is 3. The van der Waals surface area contributed by atoms with Crippen LogP contribution in [0.5, 0.6) is 5.75 Å². The quantitative estimate of drug-likeness (QED) is 0.662. The molecule has 5 heteroatoms. The first-order chi connectivity index (χ1) is 8.16. The molecule has 0 spiro atoms. The molecule has 92 valence electrons. The van der Waals surface area contributed by atoms with Crippen LogP contribution in [0.2, 0.25) is 0 Å². The molecule has 1 saturated heterocycles. The zero-order chi connectivity index (χ0) is 12.3. The first-order valence-corrected chi connectivity index (χ1v) is 6.34. The number of halogens is 1. The molecule has 1 heterocycles. The molecule has 1 aromatic carbocycles. The molecule has 2 rings (SSSR count). The molecule has 1 unspecified atom stereocenters. The first kappa shape index (κ1) is 12.4. The Morgan fingerprint density at radius 2 is 2.41 bits per heavy atom. The van der Waals surface area contributed by atoms with Gasteiger partial charge in [0.15, 0.2) is 0 Å². The second-order valence-electron chi connectivity index (χ2n) is 4.00. The summed E-state index contributed by atoms with van der Waals surface area (Å²) in [5.74, 6) is 0.807. The van der Waals surface area contributed by atoms with Crippen molar-refractivity contribution in [2.75, 3.05) is 13.2 Å². The molecule has 1 fully saturated rings. The number of nitrogens with one attached hydrogen (secondary N) is 1. The normalized spacial score (nSPS) is 19.2. The van der Waals surface area contributed by atoms with E-state index in [1.54, 1.807) is 12.1 Å². The van der Waals surface area contributed by atoms with E-state index in [0.29, 0.717) is 12.2 Å². The standard InChI is InChI=1S/C12H15BrN2O2/c13-10-6-8(12(14)15)3-4-11(10)17-7-9-2-1-5-16-9/h3-4,6,9H,1-2,5,7H2,(H3,14,15). The van der Waals surface area contributed by atoms with Crippen LogP contribution in [0.25, 0.3) is 0 Å². The van der Waals surface area contributed by atoms with Gasteiger partial charge in [-0.3, -0.25) is 5.41 Å². The molecule has 4 nitrogen and oxygen atoms in total. The number of benzene rings is 1. The third-order valence-electron chi connectivity index (χ3n) is 2.69. The lowest BCUT2D eigenvalue weighted by atomic mass is 10.2. The molecule has 1 atom stereocenters. The van der Waals surface area contributed by atoms with Crippen LogP contribution in [0.4, 0.5) is 0 Å². The summed E-state index contributed by atoms with van der Waals surface area (Å²) in [6.45, 7) is 1.40. The number of ether oxygens (including phenoxy) is 2. The summed E-state index contributed by atoms with van der Waals surface area (Å²) in [5, 5.41) is 7.34. The van der Waals surface area contributed by atoms with Crippen molar-refractivity contribution in [3.63, 3.8) is 0 Å². The van der Waals surface area contributed by atoms with Gasteiger partial charge in [-0.05, 0) is 47.0 Å². The van der Waals surface area contributed by atoms with Crippen LogP contribution >= 0.6 is 15.9 Å². The molecule has 1 aliphatic rings. The summed E-state index contributed by atoms with van der Waals surface area (Å²) in [7, 11) is 0. The van der Waals surface area contributed by atoms with Crippen LogP contribution in [0.3, 0.4) is 0 Å². The van der Waals surface area contributed by atoms with Gasteiger partial charge in [-0.25, -0.2) is 0 Å². The largest absolute Gasteiger partial charge is 0.490 e. The molecule has 17 heavy (non-hydrogen) atoms. The van der Waals surface area contributed by atoms with E-state index in [0.717, 1.165) is 29.7 Å². The van der Waals surface area contributed by atoms with E-state index in [9.17, 15) is 0 Å². The maximum Gasteiger partial charge on any atom is 0.133 e. The number of rotatable bonds is 4. The molecular weight excluding hydrogens is 284 g/mol. The minimum absolute atomic E-state index is 0.0522. The number of nitrogens with two attached hydrogens (primary N) is 1. The van der Waals surface area contributed by atoms with Gasteiger partial charge in [0.25, 0.3) is 0 Å². The summed E-state index contributed by atoms with van der Waals surface area (Å²) in [4.78, 5) is 0. The first-order valence-electron chi connectivity index (χ1n) is 5.55. The van der Waals surface area contributed by atoms with Crippen molar-refractivity contribution in [1.29, 1.82) is 5.41 Å². The average Bonchev–Trinajstić information content (AvgIpc) is 2.80. The zero-order valence-corrected chi connectivity index (χ0v) is 11.0. The number of hydrogen-bond donors (Lipinski definition) is 2. The molecule has 0 bridgehead atoms.